The Morgan fingerprint density at radius 2 is 1.88 bits per heavy atom. The third-order valence-corrected chi connectivity index (χ3v) is 3.91. The van der Waals surface area contributed by atoms with Crippen molar-refractivity contribution in [2.75, 3.05) is 37.7 Å². The normalized spacial score (nSPS) is 14.7. The molecule has 0 atom stereocenters. The first-order chi connectivity index (χ1) is 11.7. The molecule has 6 nitrogen and oxygen atoms in total. The summed E-state index contributed by atoms with van der Waals surface area (Å²) in [6, 6.07) is 6.77. The summed E-state index contributed by atoms with van der Waals surface area (Å²) in [5.74, 6) is 0.368. The largest absolute Gasteiger partial charge is 0.367 e. The average molecular weight is 330 g/mol. The first-order valence-corrected chi connectivity index (χ1v) is 7.83. The second-order valence-electron chi connectivity index (χ2n) is 5.55. The smallest absolute Gasteiger partial charge is 0.248 e. The lowest BCUT2D eigenvalue weighted by atomic mass is 10.3. The number of rotatable bonds is 5. The molecule has 3 rings (SSSR count). The number of hydrogen-bond donors (Lipinski definition) is 0. The Bertz CT molecular complexity index is 658. The number of piperazine rings is 1. The van der Waals surface area contributed by atoms with Gasteiger partial charge in [0.05, 0.1) is 12.8 Å². The van der Waals surface area contributed by atoms with Crippen LogP contribution < -0.4 is 4.90 Å². The van der Waals surface area contributed by atoms with E-state index in [9.17, 15) is 9.18 Å². The fourth-order valence-corrected chi connectivity index (χ4v) is 2.57. The number of carbonyl (C=O) groups excluding carboxylic acids is 1. The van der Waals surface area contributed by atoms with Crippen LogP contribution in [0.3, 0.4) is 0 Å². The number of hydrogen-bond acceptors (Lipinski definition) is 5. The van der Waals surface area contributed by atoms with Crippen molar-refractivity contribution >= 4 is 11.7 Å². The molecule has 3 heterocycles. The first kappa shape index (κ1) is 16.3. The van der Waals surface area contributed by atoms with Crippen molar-refractivity contribution in [1.82, 2.24) is 14.9 Å². The molecule has 1 saturated heterocycles. The van der Waals surface area contributed by atoms with Crippen LogP contribution in [0.1, 0.15) is 5.56 Å². The van der Waals surface area contributed by atoms with Gasteiger partial charge in [0.15, 0.2) is 0 Å². The van der Waals surface area contributed by atoms with E-state index in [1.54, 1.807) is 23.4 Å². The molecule has 0 aromatic carbocycles. The molecule has 24 heavy (non-hydrogen) atoms. The first-order valence-electron chi connectivity index (χ1n) is 7.83. The predicted molar refractivity (Wildman–Crippen MR) is 86.9 cm³/mol. The molecule has 2 aromatic heterocycles. The zero-order valence-electron chi connectivity index (χ0n) is 13.3. The summed E-state index contributed by atoms with van der Waals surface area (Å²) >= 11 is 0. The Labute approximate surface area is 139 Å². The number of nitrogens with zero attached hydrogens (tertiary/aromatic N) is 4. The van der Waals surface area contributed by atoms with E-state index in [4.69, 9.17) is 4.74 Å². The standard InChI is InChI=1S/C17H19FN4O2/c18-15-1-2-16(20-11-15)21-7-9-22(10-8-21)17(23)13-24-12-14-3-5-19-6-4-14/h1-6,11H,7-10,12-13H2. The highest BCUT2D eigenvalue weighted by Gasteiger charge is 2.21. The van der Waals surface area contributed by atoms with Crippen LogP contribution in [0.5, 0.6) is 0 Å². The maximum absolute atomic E-state index is 12.9. The van der Waals surface area contributed by atoms with Crippen LogP contribution in [-0.2, 0) is 16.1 Å². The van der Waals surface area contributed by atoms with Gasteiger partial charge in [-0.2, -0.15) is 0 Å². The molecule has 0 N–H and O–H groups in total. The molecule has 0 bridgehead atoms. The second kappa shape index (κ2) is 7.83. The molecule has 0 spiro atoms. The Balaban J connectivity index is 1.42. The van der Waals surface area contributed by atoms with Crippen LogP contribution >= 0.6 is 0 Å². The lowest BCUT2D eigenvalue weighted by Gasteiger charge is -2.35. The highest BCUT2D eigenvalue weighted by atomic mass is 19.1. The predicted octanol–water partition coefficient (Wildman–Crippen LogP) is 1.48. The van der Waals surface area contributed by atoms with Crippen LogP contribution in [0, 0.1) is 5.82 Å². The molecule has 0 radical (unpaired) electrons. The highest BCUT2D eigenvalue weighted by molar-refractivity contribution is 5.77. The molecule has 1 amide bonds. The van der Waals surface area contributed by atoms with E-state index in [1.165, 1.54) is 12.3 Å². The van der Waals surface area contributed by atoms with Crippen molar-refractivity contribution in [1.29, 1.82) is 0 Å². The van der Waals surface area contributed by atoms with E-state index in [0.29, 0.717) is 32.8 Å². The summed E-state index contributed by atoms with van der Waals surface area (Å²) in [7, 11) is 0. The number of pyridine rings is 2. The minimum absolute atomic E-state index is 0.0178. The van der Waals surface area contributed by atoms with Crippen LogP contribution in [0.4, 0.5) is 10.2 Å². The van der Waals surface area contributed by atoms with Gasteiger partial charge in [-0.15, -0.1) is 0 Å². The summed E-state index contributed by atoms with van der Waals surface area (Å²) in [6.07, 6.45) is 4.60. The molecule has 0 unspecified atom stereocenters. The summed E-state index contributed by atoms with van der Waals surface area (Å²) in [4.78, 5) is 24.0. The molecular formula is C17H19FN4O2. The van der Waals surface area contributed by atoms with E-state index in [0.717, 1.165) is 11.4 Å². The van der Waals surface area contributed by atoms with Crippen molar-refractivity contribution in [3.05, 3.63) is 54.2 Å². The minimum Gasteiger partial charge on any atom is -0.367 e. The summed E-state index contributed by atoms with van der Waals surface area (Å²) in [6.45, 7) is 3.03. The van der Waals surface area contributed by atoms with Crippen molar-refractivity contribution in [2.45, 2.75) is 6.61 Å². The van der Waals surface area contributed by atoms with E-state index in [2.05, 4.69) is 9.97 Å². The van der Waals surface area contributed by atoms with Gasteiger partial charge in [0, 0.05) is 38.6 Å². The van der Waals surface area contributed by atoms with Gasteiger partial charge in [-0.1, -0.05) is 0 Å². The number of ether oxygens (including phenoxy) is 1. The zero-order valence-corrected chi connectivity index (χ0v) is 13.3. The number of amides is 1. The van der Waals surface area contributed by atoms with Crippen molar-refractivity contribution in [3.63, 3.8) is 0 Å². The fraction of sp³-hybridized carbons (Fsp3) is 0.353. The summed E-state index contributed by atoms with van der Waals surface area (Å²) in [5.41, 5.74) is 0.991. The van der Waals surface area contributed by atoms with Gasteiger partial charge in [0.25, 0.3) is 0 Å². The molecular weight excluding hydrogens is 311 g/mol. The topological polar surface area (TPSA) is 58.6 Å². The van der Waals surface area contributed by atoms with Crippen molar-refractivity contribution in [2.24, 2.45) is 0 Å². The van der Waals surface area contributed by atoms with Crippen molar-refractivity contribution in [3.8, 4) is 0 Å². The van der Waals surface area contributed by atoms with Crippen LogP contribution in [-0.4, -0.2) is 53.6 Å². The lowest BCUT2D eigenvalue weighted by Crippen LogP contribution is -2.50. The number of halogens is 1. The third kappa shape index (κ3) is 4.26. The molecule has 1 aliphatic rings. The van der Waals surface area contributed by atoms with Gasteiger partial charge in [0.2, 0.25) is 5.91 Å². The van der Waals surface area contributed by atoms with E-state index < -0.39 is 0 Å². The molecule has 1 fully saturated rings. The number of carbonyl (C=O) groups is 1. The van der Waals surface area contributed by atoms with E-state index in [-0.39, 0.29) is 18.3 Å². The molecule has 2 aromatic rings. The maximum atomic E-state index is 12.9. The zero-order chi connectivity index (χ0) is 16.8. The molecule has 0 aliphatic carbocycles. The van der Waals surface area contributed by atoms with E-state index >= 15 is 0 Å². The monoisotopic (exact) mass is 330 g/mol. The van der Waals surface area contributed by atoms with Crippen molar-refractivity contribution < 1.29 is 13.9 Å². The summed E-state index contributed by atoms with van der Waals surface area (Å²) in [5, 5.41) is 0. The SMILES string of the molecule is O=C(COCc1ccncc1)N1CCN(c2ccc(F)cn2)CC1. The minimum atomic E-state index is -0.348. The fourth-order valence-electron chi connectivity index (χ4n) is 2.57. The summed E-state index contributed by atoms with van der Waals surface area (Å²) < 4.78 is 18.4. The van der Waals surface area contributed by atoms with E-state index in [1.807, 2.05) is 17.0 Å². The lowest BCUT2D eigenvalue weighted by molar-refractivity contribution is -0.136. The van der Waals surface area contributed by atoms with Gasteiger partial charge in [-0.3, -0.25) is 9.78 Å². The van der Waals surface area contributed by atoms with Gasteiger partial charge < -0.3 is 14.5 Å². The Hall–Kier alpha value is -2.54. The molecule has 0 saturated carbocycles. The third-order valence-electron chi connectivity index (χ3n) is 3.91. The van der Waals surface area contributed by atoms with Crippen LogP contribution in [0.25, 0.3) is 0 Å². The average Bonchev–Trinajstić information content (AvgIpc) is 2.63. The molecule has 126 valence electrons. The molecule has 7 heteroatoms. The second-order valence-corrected chi connectivity index (χ2v) is 5.55. The quantitative estimate of drug-likeness (QED) is 0.831. The van der Waals surface area contributed by atoms with Crippen LogP contribution in [0.15, 0.2) is 42.9 Å². The maximum Gasteiger partial charge on any atom is 0.248 e. The van der Waals surface area contributed by atoms with Gasteiger partial charge in [0.1, 0.15) is 18.2 Å². The van der Waals surface area contributed by atoms with Gasteiger partial charge >= 0.3 is 0 Å². The van der Waals surface area contributed by atoms with Crippen LogP contribution in [0.2, 0.25) is 0 Å². The Kier molecular flexibility index (Phi) is 5.32. The number of aromatic nitrogens is 2. The van der Waals surface area contributed by atoms with Gasteiger partial charge in [-0.25, -0.2) is 9.37 Å². The highest BCUT2D eigenvalue weighted by Crippen LogP contribution is 2.13. The number of anilines is 1. The molecule has 1 aliphatic heterocycles. The Morgan fingerprint density at radius 1 is 1.12 bits per heavy atom. The Morgan fingerprint density at radius 3 is 2.54 bits per heavy atom. The van der Waals surface area contributed by atoms with Gasteiger partial charge in [-0.05, 0) is 29.8 Å².